The van der Waals surface area contributed by atoms with Gasteiger partial charge in [-0.25, -0.2) is 0 Å². The van der Waals surface area contributed by atoms with Crippen LogP contribution in [0.5, 0.6) is 0 Å². The molecule has 0 spiro atoms. The molecule has 0 aromatic carbocycles. The van der Waals surface area contributed by atoms with Crippen molar-refractivity contribution in [3.05, 3.63) is 18.0 Å². The van der Waals surface area contributed by atoms with Gasteiger partial charge in [0.15, 0.2) is 0 Å². The highest BCUT2D eigenvalue weighted by molar-refractivity contribution is 7.87. The topological polar surface area (TPSA) is 73.2 Å². The third-order valence-corrected chi connectivity index (χ3v) is 4.77. The molecule has 0 bridgehead atoms. The van der Waals surface area contributed by atoms with Crippen molar-refractivity contribution in [2.45, 2.75) is 18.1 Å². The second kappa shape index (κ2) is 4.75. The Balaban J connectivity index is 2.24. The summed E-state index contributed by atoms with van der Waals surface area (Å²) in [6.07, 6.45) is 3.57. The first kappa shape index (κ1) is 12.5. The Labute approximate surface area is 101 Å². The van der Waals surface area contributed by atoms with Crippen LogP contribution in [0.4, 0.5) is 0 Å². The molecule has 2 unspecified atom stereocenters. The lowest BCUT2D eigenvalue weighted by Crippen LogP contribution is -2.29. The number of nitrogens with one attached hydrogen (secondary N) is 1. The van der Waals surface area contributed by atoms with Crippen LogP contribution in [0.3, 0.4) is 0 Å². The molecule has 17 heavy (non-hydrogen) atoms. The molecule has 2 rings (SSSR count). The Morgan fingerprint density at radius 3 is 2.94 bits per heavy atom. The fraction of sp³-hybridized carbons (Fsp3) is 0.700. The molecule has 1 aromatic heterocycles. The summed E-state index contributed by atoms with van der Waals surface area (Å²) in [6.45, 7) is 2.93. The molecule has 0 aliphatic carbocycles. The fourth-order valence-corrected chi connectivity index (χ4v) is 3.65. The molecule has 0 amide bonds. The quantitative estimate of drug-likeness (QED) is 0.761. The first-order chi connectivity index (χ1) is 8.04. The van der Waals surface area contributed by atoms with E-state index in [9.17, 15) is 8.42 Å². The smallest absolute Gasteiger partial charge is 0.272 e. The number of hydrogen-bond acceptors (Lipinski definition) is 5. The Kier molecular flexibility index (Phi) is 3.50. The van der Waals surface area contributed by atoms with Crippen LogP contribution in [-0.4, -0.2) is 43.1 Å². The zero-order valence-corrected chi connectivity index (χ0v) is 10.8. The van der Waals surface area contributed by atoms with Gasteiger partial charge >= 0.3 is 0 Å². The lowest BCUT2D eigenvalue weighted by Gasteiger charge is -2.16. The van der Waals surface area contributed by atoms with Gasteiger partial charge in [-0.3, -0.25) is 8.86 Å². The lowest BCUT2D eigenvalue weighted by atomic mass is 10.0. The maximum Gasteiger partial charge on any atom is 0.272 e. The number of aromatic nitrogens is 2. The zero-order valence-electron chi connectivity index (χ0n) is 9.96. The van der Waals surface area contributed by atoms with Gasteiger partial charge in [0.1, 0.15) is 5.25 Å². The average Bonchev–Trinajstić information content (AvgIpc) is 2.84. The molecule has 0 saturated carbocycles. The van der Waals surface area contributed by atoms with Crippen molar-refractivity contribution in [3.8, 4) is 0 Å². The van der Waals surface area contributed by atoms with Crippen LogP contribution < -0.4 is 5.32 Å². The number of rotatable bonds is 4. The molecular formula is C10H17N3O3S. The molecule has 1 aliphatic heterocycles. The molecule has 96 valence electrons. The molecule has 7 heteroatoms. The third kappa shape index (κ3) is 2.51. The van der Waals surface area contributed by atoms with Crippen LogP contribution in [0.25, 0.3) is 0 Å². The van der Waals surface area contributed by atoms with E-state index in [2.05, 4.69) is 10.4 Å². The number of hydrogen-bond donors (Lipinski definition) is 1. The molecule has 1 N–H and O–H groups in total. The third-order valence-electron chi connectivity index (χ3n) is 2.96. The summed E-state index contributed by atoms with van der Waals surface area (Å²) < 4.78 is 30.4. The van der Waals surface area contributed by atoms with Gasteiger partial charge in [0, 0.05) is 32.3 Å². The first-order valence-corrected chi connectivity index (χ1v) is 7.09. The molecule has 1 aliphatic rings. The number of aryl methyl sites for hydroxylation is 1. The van der Waals surface area contributed by atoms with E-state index in [4.69, 9.17) is 4.18 Å². The number of nitrogens with zero attached hydrogens (tertiary/aromatic N) is 2. The highest BCUT2D eigenvalue weighted by Gasteiger charge is 2.39. The second-order valence-corrected chi connectivity index (χ2v) is 5.98. The van der Waals surface area contributed by atoms with Crippen LogP contribution in [0.15, 0.2) is 12.4 Å². The minimum Gasteiger partial charge on any atom is -0.315 e. The van der Waals surface area contributed by atoms with Crippen LogP contribution >= 0.6 is 0 Å². The summed E-state index contributed by atoms with van der Waals surface area (Å²) in [6, 6.07) is 0. The summed E-state index contributed by atoms with van der Waals surface area (Å²) in [5, 5.41) is 6.65. The van der Waals surface area contributed by atoms with Crippen LogP contribution in [0, 0.1) is 0 Å². The van der Waals surface area contributed by atoms with Crippen molar-refractivity contribution >= 4 is 10.1 Å². The monoisotopic (exact) mass is 259 g/mol. The Morgan fingerprint density at radius 1 is 1.59 bits per heavy atom. The van der Waals surface area contributed by atoms with Gasteiger partial charge in [0.2, 0.25) is 0 Å². The van der Waals surface area contributed by atoms with E-state index in [-0.39, 0.29) is 12.5 Å². The Morgan fingerprint density at radius 2 is 2.35 bits per heavy atom. The van der Waals surface area contributed by atoms with Gasteiger partial charge in [-0.1, -0.05) is 0 Å². The van der Waals surface area contributed by atoms with Gasteiger partial charge in [-0.2, -0.15) is 13.5 Å². The van der Waals surface area contributed by atoms with Crippen molar-refractivity contribution in [2.24, 2.45) is 7.05 Å². The maximum absolute atomic E-state index is 11.9. The molecule has 2 heterocycles. The van der Waals surface area contributed by atoms with Crippen LogP contribution in [0.2, 0.25) is 0 Å². The summed E-state index contributed by atoms with van der Waals surface area (Å²) in [7, 11) is -1.68. The second-order valence-electron chi connectivity index (χ2n) is 4.15. The van der Waals surface area contributed by atoms with E-state index in [1.165, 1.54) is 0 Å². The van der Waals surface area contributed by atoms with Gasteiger partial charge in [0.25, 0.3) is 10.1 Å². The molecule has 2 atom stereocenters. The highest BCUT2D eigenvalue weighted by atomic mass is 32.2. The highest BCUT2D eigenvalue weighted by Crippen LogP contribution is 2.28. The summed E-state index contributed by atoms with van der Waals surface area (Å²) in [4.78, 5) is 0. The minimum atomic E-state index is -3.50. The van der Waals surface area contributed by atoms with Crippen molar-refractivity contribution in [3.63, 3.8) is 0 Å². The van der Waals surface area contributed by atoms with Gasteiger partial charge in [-0.15, -0.1) is 0 Å². The van der Waals surface area contributed by atoms with Crippen molar-refractivity contribution in [1.82, 2.24) is 15.1 Å². The molecular weight excluding hydrogens is 242 g/mol. The van der Waals surface area contributed by atoms with Gasteiger partial charge < -0.3 is 5.32 Å². The molecule has 0 radical (unpaired) electrons. The molecule has 1 aromatic rings. The average molecular weight is 259 g/mol. The van der Waals surface area contributed by atoms with E-state index in [1.807, 2.05) is 13.2 Å². The van der Waals surface area contributed by atoms with E-state index in [0.717, 1.165) is 5.56 Å². The Bertz CT molecular complexity index is 483. The van der Waals surface area contributed by atoms with Crippen LogP contribution in [-0.2, 0) is 21.3 Å². The predicted molar refractivity (Wildman–Crippen MR) is 63.2 cm³/mol. The maximum atomic E-state index is 11.9. The van der Waals surface area contributed by atoms with Crippen molar-refractivity contribution < 1.29 is 12.6 Å². The zero-order chi connectivity index (χ0) is 12.5. The standard InChI is InChI=1S/C10H17N3O3S/c1-3-16-17(14,15)10-6-11-5-9(10)8-4-12-13(2)7-8/h4,7,9-11H,3,5-6H2,1-2H3. The molecule has 1 saturated heterocycles. The summed E-state index contributed by atoms with van der Waals surface area (Å²) in [5.74, 6) is -0.0831. The van der Waals surface area contributed by atoms with Gasteiger partial charge in [-0.05, 0) is 12.5 Å². The van der Waals surface area contributed by atoms with E-state index < -0.39 is 15.4 Å². The fourth-order valence-electron chi connectivity index (χ4n) is 2.17. The SMILES string of the molecule is CCOS(=O)(=O)C1CNCC1c1cnn(C)c1. The largest absolute Gasteiger partial charge is 0.315 e. The van der Waals surface area contributed by atoms with E-state index >= 15 is 0 Å². The van der Waals surface area contributed by atoms with Crippen molar-refractivity contribution in [1.29, 1.82) is 0 Å². The summed E-state index contributed by atoms with van der Waals surface area (Å²) in [5.41, 5.74) is 0.936. The summed E-state index contributed by atoms with van der Waals surface area (Å²) >= 11 is 0. The van der Waals surface area contributed by atoms with Crippen LogP contribution in [0.1, 0.15) is 18.4 Å². The predicted octanol–water partition coefficient (Wildman–Crippen LogP) is -0.158. The molecule has 6 nitrogen and oxygen atoms in total. The first-order valence-electron chi connectivity index (χ1n) is 5.62. The molecule has 1 fully saturated rings. The van der Waals surface area contributed by atoms with Crippen molar-refractivity contribution in [2.75, 3.05) is 19.7 Å². The van der Waals surface area contributed by atoms with Gasteiger partial charge in [0.05, 0.1) is 12.8 Å². The normalized spacial score (nSPS) is 25.3. The Hall–Kier alpha value is -0.920. The minimum absolute atomic E-state index is 0.0831. The lowest BCUT2D eigenvalue weighted by molar-refractivity contribution is 0.330. The van der Waals surface area contributed by atoms with E-state index in [1.54, 1.807) is 17.8 Å². The van der Waals surface area contributed by atoms with E-state index in [0.29, 0.717) is 13.1 Å².